The summed E-state index contributed by atoms with van der Waals surface area (Å²) in [7, 11) is 0. The zero-order valence-corrected chi connectivity index (χ0v) is 14.0. The van der Waals surface area contributed by atoms with Gasteiger partial charge in [0.2, 0.25) is 0 Å². The molecule has 1 aliphatic rings. The Bertz CT molecular complexity index is 719. The van der Waals surface area contributed by atoms with Crippen molar-refractivity contribution >= 4 is 23.9 Å². The van der Waals surface area contributed by atoms with Crippen molar-refractivity contribution in [2.75, 3.05) is 13.1 Å². The molecule has 0 atom stereocenters. The van der Waals surface area contributed by atoms with Crippen LogP contribution in [0.2, 0.25) is 0 Å². The number of carbonyl (C=O) groups excluding carboxylic acids is 1. The highest BCUT2D eigenvalue weighted by molar-refractivity contribution is 5.92. The largest absolute Gasteiger partial charge is 0.312 e. The molecule has 0 fully saturated rings. The Morgan fingerprint density at radius 3 is 2.75 bits per heavy atom. The van der Waals surface area contributed by atoms with Crippen molar-refractivity contribution in [1.82, 2.24) is 15.4 Å². The quantitative estimate of drug-likeness (QED) is 0.660. The molecule has 0 aliphatic carbocycles. The summed E-state index contributed by atoms with van der Waals surface area (Å²) >= 11 is 0. The van der Waals surface area contributed by atoms with E-state index < -0.39 is 5.91 Å². The first-order chi connectivity index (χ1) is 11.2. The molecule has 0 saturated carbocycles. The summed E-state index contributed by atoms with van der Waals surface area (Å²) in [4.78, 5) is 16.5. The maximum Gasteiger partial charge on any atom is 0.296 e. The van der Waals surface area contributed by atoms with Gasteiger partial charge in [-0.25, -0.2) is 5.06 Å². The summed E-state index contributed by atoms with van der Waals surface area (Å²) in [5.74, 6) is -0.500. The Kier molecular flexibility index (Phi) is 6.49. The molecular formula is C18H20ClN3O2. The fourth-order valence-corrected chi connectivity index (χ4v) is 2.57. The van der Waals surface area contributed by atoms with Gasteiger partial charge in [-0.3, -0.25) is 15.0 Å². The molecule has 1 aliphatic heterocycles. The number of pyridine rings is 1. The maximum atomic E-state index is 12.4. The Morgan fingerprint density at radius 2 is 2.04 bits per heavy atom. The van der Waals surface area contributed by atoms with E-state index in [1.807, 2.05) is 36.4 Å². The second kappa shape index (κ2) is 8.59. The molecule has 2 heterocycles. The van der Waals surface area contributed by atoms with Gasteiger partial charge in [-0.1, -0.05) is 36.4 Å². The van der Waals surface area contributed by atoms with Gasteiger partial charge in [0.1, 0.15) is 5.69 Å². The van der Waals surface area contributed by atoms with Gasteiger partial charge in [-0.05, 0) is 41.8 Å². The number of halogens is 1. The van der Waals surface area contributed by atoms with Crippen LogP contribution in [0.15, 0.2) is 54.7 Å². The molecule has 24 heavy (non-hydrogen) atoms. The molecule has 0 bridgehead atoms. The molecule has 5 nitrogen and oxygen atoms in total. The lowest BCUT2D eigenvalue weighted by Crippen LogP contribution is -2.28. The minimum absolute atomic E-state index is 0. The number of rotatable bonds is 4. The van der Waals surface area contributed by atoms with Crippen LogP contribution in [0.5, 0.6) is 0 Å². The zero-order chi connectivity index (χ0) is 16.1. The first-order valence-electron chi connectivity index (χ1n) is 7.65. The zero-order valence-electron chi connectivity index (χ0n) is 13.2. The monoisotopic (exact) mass is 345 g/mol. The number of hydroxylamine groups is 2. The second-order valence-corrected chi connectivity index (χ2v) is 5.47. The smallest absolute Gasteiger partial charge is 0.296 e. The standard InChI is InChI=1S/C18H19N3O2.ClH/c22-18(21(23)13-14-5-2-1-3-6-14)17-11-15(8-10-20-17)16-7-4-9-19-12-16;/h1-3,5-8,10-11,19,23H,4,9,12-13H2;1H. The first kappa shape index (κ1) is 18.1. The lowest BCUT2D eigenvalue weighted by atomic mass is 10.0. The van der Waals surface area contributed by atoms with Crippen molar-refractivity contribution < 1.29 is 10.0 Å². The predicted octanol–water partition coefficient (Wildman–Crippen LogP) is 2.91. The Labute approximate surface area is 147 Å². The van der Waals surface area contributed by atoms with E-state index in [0.717, 1.165) is 36.2 Å². The van der Waals surface area contributed by atoms with E-state index in [2.05, 4.69) is 16.4 Å². The summed E-state index contributed by atoms with van der Waals surface area (Å²) in [6.45, 7) is 1.89. The lowest BCUT2D eigenvalue weighted by Gasteiger charge is -2.17. The van der Waals surface area contributed by atoms with Gasteiger partial charge in [0.25, 0.3) is 5.91 Å². The lowest BCUT2D eigenvalue weighted by molar-refractivity contribution is -0.0652. The van der Waals surface area contributed by atoms with Crippen LogP contribution < -0.4 is 5.32 Å². The molecule has 0 radical (unpaired) electrons. The van der Waals surface area contributed by atoms with Crippen LogP contribution in [0.4, 0.5) is 0 Å². The predicted molar refractivity (Wildman–Crippen MR) is 95.1 cm³/mol. The van der Waals surface area contributed by atoms with E-state index in [1.54, 1.807) is 12.3 Å². The molecule has 1 aromatic carbocycles. The minimum atomic E-state index is -0.500. The van der Waals surface area contributed by atoms with E-state index >= 15 is 0 Å². The van der Waals surface area contributed by atoms with Crippen molar-refractivity contribution in [3.8, 4) is 0 Å². The van der Waals surface area contributed by atoms with Crippen molar-refractivity contribution in [3.05, 3.63) is 71.6 Å². The van der Waals surface area contributed by atoms with Gasteiger partial charge in [0, 0.05) is 12.7 Å². The summed E-state index contributed by atoms with van der Waals surface area (Å²) < 4.78 is 0. The van der Waals surface area contributed by atoms with E-state index in [4.69, 9.17) is 0 Å². The molecule has 2 aromatic rings. The van der Waals surface area contributed by atoms with Crippen LogP contribution in [0.1, 0.15) is 28.0 Å². The summed E-state index contributed by atoms with van der Waals surface area (Å²) in [5.41, 5.74) is 3.22. The van der Waals surface area contributed by atoms with E-state index in [1.165, 1.54) is 0 Å². The van der Waals surface area contributed by atoms with Crippen molar-refractivity contribution in [2.24, 2.45) is 0 Å². The fraction of sp³-hybridized carbons (Fsp3) is 0.222. The topological polar surface area (TPSA) is 65.5 Å². The minimum Gasteiger partial charge on any atom is -0.312 e. The number of nitrogens with zero attached hydrogens (tertiary/aromatic N) is 2. The number of nitrogens with one attached hydrogen (secondary N) is 1. The molecule has 2 N–H and O–H groups in total. The van der Waals surface area contributed by atoms with Gasteiger partial charge in [-0.2, -0.15) is 0 Å². The number of aromatic nitrogens is 1. The molecule has 3 rings (SSSR count). The Hall–Kier alpha value is -2.21. The Balaban J connectivity index is 0.00000208. The van der Waals surface area contributed by atoms with Crippen LogP contribution in [-0.2, 0) is 6.54 Å². The normalized spacial score (nSPS) is 13.6. The Morgan fingerprint density at radius 1 is 1.25 bits per heavy atom. The number of hydrogen-bond donors (Lipinski definition) is 2. The van der Waals surface area contributed by atoms with Gasteiger partial charge in [0.05, 0.1) is 6.54 Å². The highest BCUT2D eigenvalue weighted by Gasteiger charge is 2.17. The average Bonchev–Trinajstić information content (AvgIpc) is 2.63. The van der Waals surface area contributed by atoms with Crippen molar-refractivity contribution in [3.63, 3.8) is 0 Å². The van der Waals surface area contributed by atoms with Crippen LogP contribution in [0.25, 0.3) is 5.57 Å². The third-order valence-electron chi connectivity index (χ3n) is 3.79. The summed E-state index contributed by atoms with van der Waals surface area (Å²) in [5, 5.41) is 14.0. The van der Waals surface area contributed by atoms with E-state index in [-0.39, 0.29) is 24.6 Å². The van der Waals surface area contributed by atoms with Gasteiger partial charge in [-0.15, -0.1) is 12.4 Å². The highest BCUT2D eigenvalue weighted by atomic mass is 35.5. The van der Waals surface area contributed by atoms with Crippen molar-refractivity contribution in [1.29, 1.82) is 0 Å². The number of carbonyl (C=O) groups is 1. The van der Waals surface area contributed by atoms with Gasteiger partial charge >= 0.3 is 0 Å². The molecule has 6 heteroatoms. The van der Waals surface area contributed by atoms with E-state index in [9.17, 15) is 10.0 Å². The molecule has 0 spiro atoms. The third kappa shape index (κ3) is 4.41. The molecule has 1 amide bonds. The number of hydrogen-bond acceptors (Lipinski definition) is 4. The molecule has 126 valence electrons. The molecule has 1 aromatic heterocycles. The molecule has 0 unspecified atom stereocenters. The van der Waals surface area contributed by atoms with Crippen LogP contribution in [-0.4, -0.2) is 34.3 Å². The van der Waals surface area contributed by atoms with Crippen LogP contribution >= 0.6 is 12.4 Å². The summed E-state index contributed by atoms with van der Waals surface area (Å²) in [6, 6.07) is 13.0. The number of amides is 1. The SMILES string of the molecule is Cl.O=C(c1cc(C2=CCCNC2)ccn1)N(O)Cc1ccccc1. The van der Waals surface area contributed by atoms with Gasteiger partial charge < -0.3 is 5.32 Å². The molecular weight excluding hydrogens is 326 g/mol. The molecule has 0 saturated heterocycles. The fourth-order valence-electron chi connectivity index (χ4n) is 2.57. The summed E-state index contributed by atoms with van der Waals surface area (Å²) in [6.07, 6.45) is 4.75. The third-order valence-corrected chi connectivity index (χ3v) is 3.79. The van der Waals surface area contributed by atoms with Crippen LogP contribution in [0.3, 0.4) is 0 Å². The van der Waals surface area contributed by atoms with Crippen molar-refractivity contribution in [2.45, 2.75) is 13.0 Å². The average molecular weight is 346 g/mol. The van der Waals surface area contributed by atoms with E-state index in [0.29, 0.717) is 5.06 Å². The van der Waals surface area contributed by atoms with Gasteiger partial charge in [0.15, 0.2) is 0 Å². The van der Waals surface area contributed by atoms with Crippen LogP contribution in [0, 0.1) is 0 Å². The maximum absolute atomic E-state index is 12.4. The highest BCUT2D eigenvalue weighted by Crippen LogP contribution is 2.18. The first-order valence-corrected chi connectivity index (χ1v) is 7.65. The second-order valence-electron chi connectivity index (χ2n) is 5.47. The number of benzene rings is 1.